The molecule has 15 heavy (non-hydrogen) atoms. The summed E-state index contributed by atoms with van der Waals surface area (Å²) >= 11 is 0. The number of aromatic amines is 1. The fourth-order valence-corrected chi connectivity index (χ4v) is 1.50. The Balaban J connectivity index is 0.000000921. The van der Waals surface area contributed by atoms with E-state index >= 15 is 0 Å². The van der Waals surface area contributed by atoms with Crippen LogP contribution in [0, 0.1) is 0 Å². The maximum atomic E-state index is 3.78. The van der Waals surface area contributed by atoms with E-state index in [0.717, 1.165) is 12.1 Å². The van der Waals surface area contributed by atoms with Crippen molar-refractivity contribution in [2.45, 2.75) is 40.5 Å². The molecule has 0 aliphatic heterocycles. The minimum Gasteiger partial charge on any atom is -0.361 e. The molecule has 84 valence electrons. The van der Waals surface area contributed by atoms with Crippen LogP contribution in [0.1, 0.15) is 50.9 Å². The predicted molar refractivity (Wildman–Crippen MR) is 70.9 cm³/mol. The minimum atomic E-state index is 1.13. The van der Waals surface area contributed by atoms with Gasteiger partial charge in [0.05, 0.1) is 0 Å². The van der Waals surface area contributed by atoms with Crippen molar-refractivity contribution in [3.63, 3.8) is 0 Å². The number of hydrogen-bond acceptors (Lipinski definition) is 0. The van der Waals surface area contributed by atoms with Gasteiger partial charge < -0.3 is 4.98 Å². The van der Waals surface area contributed by atoms with E-state index in [0.29, 0.717) is 0 Å². The molecule has 1 heterocycles. The van der Waals surface area contributed by atoms with Crippen LogP contribution in [-0.2, 0) is 6.42 Å². The molecular formula is C14H23N. The van der Waals surface area contributed by atoms with Crippen molar-refractivity contribution in [3.8, 4) is 0 Å². The number of aryl methyl sites for hydroxylation is 1. The highest BCUT2D eigenvalue weighted by atomic mass is 14.7. The van der Waals surface area contributed by atoms with Crippen LogP contribution in [-0.4, -0.2) is 4.98 Å². The molecule has 0 saturated carbocycles. The standard InChI is InChI=1S/C12H17N.C2H6/c1-4-7-10-9-13-12(6-3)11(10)8-5-2;1-2/h5-6,8-9,13H,3-4,7H2,1-2H3;1-2H3/b8-5-;. The van der Waals surface area contributed by atoms with E-state index < -0.39 is 0 Å². The Morgan fingerprint density at radius 2 is 2.07 bits per heavy atom. The van der Waals surface area contributed by atoms with Gasteiger partial charge in [0.25, 0.3) is 0 Å². The second-order valence-electron chi connectivity index (χ2n) is 3.10. The summed E-state index contributed by atoms with van der Waals surface area (Å²) in [5.74, 6) is 0. The van der Waals surface area contributed by atoms with Gasteiger partial charge in [0.2, 0.25) is 0 Å². The molecule has 1 aromatic rings. The van der Waals surface area contributed by atoms with Crippen molar-refractivity contribution in [3.05, 3.63) is 35.7 Å². The Hall–Kier alpha value is -1.24. The highest BCUT2D eigenvalue weighted by molar-refractivity contribution is 5.65. The smallest absolute Gasteiger partial charge is 0.0450 e. The number of hydrogen-bond donors (Lipinski definition) is 1. The van der Waals surface area contributed by atoms with E-state index in [4.69, 9.17) is 0 Å². The fourth-order valence-electron chi connectivity index (χ4n) is 1.50. The summed E-state index contributed by atoms with van der Waals surface area (Å²) in [4.78, 5) is 3.22. The summed E-state index contributed by atoms with van der Waals surface area (Å²) in [7, 11) is 0. The first-order valence-electron chi connectivity index (χ1n) is 5.78. The third-order valence-electron chi connectivity index (χ3n) is 2.09. The van der Waals surface area contributed by atoms with Gasteiger partial charge in [-0.2, -0.15) is 0 Å². The monoisotopic (exact) mass is 205 g/mol. The normalized spacial score (nSPS) is 9.87. The first kappa shape index (κ1) is 13.8. The first-order chi connectivity index (χ1) is 7.33. The maximum absolute atomic E-state index is 3.78. The maximum Gasteiger partial charge on any atom is 0.0450 e. The van der Waals surface area contributed by atoms with Crippen LogP contribution in [0.2, 0.25) is 0 Å². The Labute approximate surface area is 93.9 Å². The quantitative estimate of drug-likeness (QED) is 0.735. The van der Waals surface area contributed by atoms with Gasteiger partial charge in [0.1, 0.15) is 0 Å². The largest absolute Gasteiger partial charge is 0.361 e. The highest BCUT2D eigenvalue weighted by Gasteiger charge is 2.04. The average Bonchev–Trinajstić information content (AvgIpc) is 2.65. The van der Waals surface area contributed by atoms with Crippen LogP contribution >= 0.6 is 0 Å². The van der Waals surface area contributed by atoms with Crippen LogP contribution in [0.25, 0.3) is 12.2 Å². The number of aromatic nitrogens is 1. The predicted octanol–water partition coefficient (Wildman–Crippen LogP) is 4.67. The van der Waals surface area contributed by atoms with E-state index in [1.54, 1.807) is 0 Å². The van der Waals surface area contributed by atoms with Gasteiger partial charge in [0.15, 0.2) is 0 Å². The second kappa shape index (κ2) is 8.10. The van der Waals surface area contributed by atoms with Crippen molar-refractivity contribution < 1.29 is 0 Å². The molecule has 0 radical (unpaired) electrons. The zero-order chi connectivity index (χ0) is 11.7. The van der Waals surface area contributed by atoms with E-state index in [2.05, 4.69) is 36.8 Å². The molecule has 1 rings (SSSR count). The van der Waals surface area contributed by atoms with Gasteiger partial charge in [-0.05, 0) is 25.0 Å². The van der Waals surface area contributed by atoms with Gasteiger partial charge in [-0.1, -0.05) is 45.9 Å². The minimum absolute atomic E-state index is 1.13. The molecule has 1 nitrogen and oxygen atoms in total. The number of nitrogens with one attached hydrogen (secondary N) is 1. The van der Waals surface area contributed by atoms with E-state index in [1.807, 2.05) is 26.8 Å². The summed E-state index contributed by atoms with van der Waals surface area (Å²) < 4.78 is 0. The van der Waals surface area contributed by atoms with Crippen LogP contribution in [0.15, 0.2) is 18.9 Å². The zero-order valence-corrected chi connectivity index (χ0v) is 10.4. The Morgan fingerprint density at radius 1 is 1.40 bits per heavy atom. The molecule has 0 atom stereocenters. The molecule has 0 spiro atoms. The Kier molecular flexibility index (Phi) is 7.43. The molecule has 0 amide bonds. The lowest BCUT2D eigenvalue weighted by atomic mass is 10.1. The molecule has 0 aromatic carbocycles. The van der Waals surface area contributed by atoms with Crippen molar-refractivity contribution in [1.82, 2.24) is 4.98 Å². The Morgan fingerprint density at radius 3 is 2.53 bits per heavy atom. The molecule has 0 unspecified atom stereocenters. The van der Waals surface area contributed by atoms with Gasteiger partial charge in [-0.15, -0.1) is 0 Å². The summed E-state index contributed by atoms with van der Waals surface area (Å²) in [6, 6.07) is 0. The molecule has 0 aliphatic carbocycles. The van der Waals surface area contributed by atoms with E-state index in [9.17, 15) is 0 Å². The molecule has 0 saturated heterocycles. The van der Waals surface area contributed by atoms with Gasteiger partial charge in [-0.3, -0.25) is 0 Å². The first-order valence-corrected chi connectivity index (χ1v) is 5.78. The number of H-pyrrole nitrogens is 1. The van der Waals surface area contributed by atoms with Crippen molar-refractivity contribution in [1.29, 1.82) is 0 Å². The molecule has 1 N–H and O–H groups in total. The summed E-state index contributed by atoms with van der Waals surface area (Å²) in [5.41, 5.74) is 3.80. The van der Waals surface area contributed by atoms with Crippen molar-refractivity contribution in [2.75, 3.05) is 0 Å². The molecule has 1 aromatic heterocycles. The van der Waals surface area contributed by atoms with Crippen molar-refractivity contribution >= 4 is 12.2 Å². The van der Waals surface area contributed by atoms with Gasteiger partial charge >= 0.3 is 0 Å². The third kappa shape index (κ3) is 3.78. The second-order valence-corrected chi connectivity index (χ2v) is 3.10. The molecule has 1 heteroatoms. The van der Waals surface area contributed by atoms with Crippen molar-refractivity contribution in [2.24, 2.45) is 0 Å². The lowest BCUT2D eigenvalue weighted by molar-refractivity contribution is 0.921. The summed E-state index contributed by atoms with van der Waals surface area (Å²) in [5, 5.41) is 0. The van der Waals surface area contributed by atoms with E-state index in [-0.39, 0.29) is 0 Å². The summed E-state index contributed by atoms with van der Waals surface area (Å²) in [6.07, 6.45) is 10.5. The van der Waals surface area contributed by atoms with Gasteiger partial charge in [0, 0.05) is 17.5 Å². The fraction of sp³-hybridized carbons (Fsp3) is 0.429. The van der Waals surface area contributed by atoms with Crippen LogP contribution in [0.5, 0.6) is 0 Å². The topological polar surface area (TPSA) is 15.8 Å². The molecule has 0 fully saturated rings. The third-order valence-corrected chi connectivity index (χ3v) is 2.09. The summed E-state index contributed by atoms with van der Waals surface area (Å²) in [6.45, 7) is 12.0. The lowest BCUT2D eigenvalue weighted by Gasteiger charge is -1.97. The Bertz CT molecular complexity index is 305. The van der Waals surface area contributed by atoms with Crippen LogP contribution in [0.3, 0.4) is 0 Å². The lowest BCUT2D eigenvalue weighted by Crippen LogP contribution is -1.83. The highest BCUT2D eigenvalue weighted by Crippen LogP contribution is 2.18. The average molecular weight is 205 g/mol. The van der Waals surface area contributed by atoms with E-state index in [1.165, 1.54) is 17.5 Å². The van der Waals surface area contributed by atoms with Gasteiger partial charge in [-0.25, -0.2) is 0 Å². The number of rotatable bonds is 4. The molecule has 0 aliphatic rings. The zero-order valence-electron chi connectivity index (χ0n) is 10.4. The SMILES string of the molecule is C=Cc1[nH]cc(CCC)c1/C=C\C.CC. The number of allylic oxidation sites excluding steroid dienone is 1. The van der Waals surface area contributed by atoms with Crippen LogP contribution in [0.4, 0.5) is 0 Å². The molecule has 0 bridgehead atoms. The molecular weight excluding hydrogens is 182 g/mol. The van der Waals surface area contributed by atoms with Crippen LogP contribution < -0.4 is 0 Å².